The molecular formula is C8H8F3NO4. The number of alkyl halides is 3. The summed E-state index contributed by atoms with van der Waals surface area (Å²) in [6, 6.07) is 2.25. The predicted molar refractivity (Wildman–Crippen MR) is 46.2 cm³/mol. The number of aliphatic hydroxyl groups is 1. The Bertz CT molecular complexity index is 374. The Kier molecular flexibility index (Phi) is 3.43. The second-order valence-corrected chi connectivity index (χ2v) is 2.91. The van der Waals surface area contributed by atoms with Crippen molar-refractivity contribution in [2.45, 2.75) is 12.3 Å². The van der Waals surface area contributed by atoms with Crippen molar-refractivity contribution in [2.24, 2.45) is 0 Å². The summed E-state index contributed by atoms with van der Waals surface area (Å²) in [4.78, 5) is 10.4. The lowest BCUT2D eigenvalue weighted by molar-refractivity contribution is -0.198. The minimum atomic E-state index is -4.73. The smallest absolute Gasteiger partial charge is 0.416 e. The molecule has 1 aromatic heterocycles. The van der Waals surface area contributed by atoms with Gasteiger partial charge < -0.3 is 19.9 Å². The lowest BCUT2D eigenvalue weighted by Crippen LogP contribution is -2.34. The second-order valence-electron chi connectivity index (χ2n) is 2.91. The van der Waals surface area contributed by atoms with E-state index in [0.717, 1.165) is 12.1 Å². The summed E-state index contributed by atoms with van der Waals surface area (Å²) in [6.45, 7) is -0.809. The first-order valence-electron chi connectivity index (χ1n) is 4.12. The minimum absolute atomic E-state index is 0.152. The van der Waals surface area contributed by atoms with Crippen molar-refractivity contribution in [1.29, 1.82) is 0 Å². The Hall–Kier alpha value is -1.70. The maximum absolute atomic E-state index is 11.9. The summed E-state index contributed by atoms with van der Waals surface area (Å²) < 4.78 is 40.2. The molecule has 8 heteroatoms. The molecule has 16 heavy (non-hydrogen) atoms. The van der Waals surface area contributed by atoms with Crippen molar-refractivity contribution in [3.05, 3.63) is 17.9 Å². The lowest BCUT2D eigenvalue weighted by atomic mass is 10.3. The Morgan fingerprint density at radius 3 is 2.56 bits per heavy atom. The van der Waals surface area contributed by atoms with E-state index in [-0.39, 0.29) is 5.88 Å². The van der Waals surface area contributed by atoms with Crippen molar-refractivity contribution in [3.8, 4) is 0 Å². The van der Waals surface area contributed by atoms with Gasteiger partial charge in [-0.1, -0.05) is 0 Å². The molecule has 1 heterocycles. The number of carboxylic acid groups (broad SMARTS) is 1. The molecule has 3 N–H and O–H groups in total. The molecule has 5 nitrogen and oxygen atoms in total. The highest BCUT2D eigenvalue weighted by Crippen LogP contribution is 2.21. The lowest BCUT2D eigenvalue weighted by Gasteiger charge is -2.14. The number of carbonyl (C=O) groups is 1. The van der Waals surface area contributed by atoms with Gasteiger partial charge in [0.1, 0.15) is 0 Å². The average molecular weight is 239 g/mol. The van der Waals surface area contributed by atoms with Gasteiger partial charge in [0.15, 0.2) is 12.0 Å². The van der Waals surface area contributed by atoms with Crippen LogP contribution < -0.4 is 5.32 Å². The number of halogens is 3. The molecule has 1 unspecified atom stereocenters. The first-order chi connectivity index (χ1) is 7.30. The third kappa shape index (κ3) is 3.16. The fourth-order valence-corrected chi connectivity index (χ4v) is 0.861. The van der Waals surface area contributed by atoms with Gasteiger partial charge in [0, 0.05) is 6.07 Å². The van der Waals surface area contributed by atoms with Gasteiger partial charge in [0.25, 0.3) is 0 Å². The quantitative estimate of drug-likeness (QED) is 0.737. The van der Waals surface area contributed by atoms with E-state index in [9.17, 15) is 18.0 Å². The molecule has 0 aliphatic rings. The van der Waals surface area contributed by atoms with Gasteiger partial charge in [0.05, 0.1) is 6.54 Å². The number of carboxylic acids is 1. The number of hydrogen-bond donors (Lipinski definition) is 3. The molecule has 0 aliphatic heterocycles. The van der Waals surface area contributed by atoms with Crippen LogP contribution in [0.1, 0.15) is 10.6 Å². The van der Waals surface area contributed by atoms with Crippen LogP contribution in [0.2, 0.25) is 0 Å². The molecule has 1 rings (SSSR count). The largest absolute Gasteiger partial charge is 0.475 e. The highest BCUT2D eigenvalue weighted by Gasteiger charge is 2.37. The predicted octanol–water partition coefficient (Wildman–Crippen LogP) is 1.31. The molecule has 0 spiro atoms. The van der Waals surface area contributed by atoms with E-state index in [0.29, 0.717) is 0 Å². The Morgan fingerprint density at radius 1 is 1.50 bits per heavy atom. The minimum Gasteiger partial charge on any atom is -0.475 e. The second kappa shape index (κ2) is 4.44. The van der Waals surface area contributed by atoms with Crippen LogP contribution in [0.4, 0.5) is 19.1 Å². The standard InChI is InChI=1S/C8H8F3NO4/c9-8(10,11)5(13)3-12-6-2-1-4(16-6)7(14)15/h1-2,5,12-13H,3H2,(H,14,15). The van der Waals surface area contributed by atoms with Crippen LogP contribution in [-0.2, 0) is 0 Å². The van der Waals surface area contributed by atoms with E-state index < -0.39 is 30.6 Å². The van der Waals surface area contributed by atoms with Crippen LogP contribution in [0.25, 0.3) is 0 Å². The van der Waals surface area contributed by atoms with Crippen LogP contribution in [0, 0.1) is 0 Å². The molecule has 0 aliphatic carbocycles. The monoisotopic (exact) mass is 239 g/mol. The van der Waals surface area contributed by atoms with Crippen LogP contribution in [0.5, 0.6) is 0 Å². The number of hydrogen-bond acceptors (Lipinski definition) is 4. The summed E-state index contributed by atoms with van der Waals surface area (Å²) in [7, 11) is 0. The summed E-state index contributed by atoms with van der Waals surface area (Å²) >= 11 is 0. The Balaban J connectivity index is 2.52. The maximum Gasteiger partial charge on any atom is 0.416 e. The fraction of sp³-hybridized carbons (Fsp3) is 0.375. The van der Waals surface area contributed by atoms with Crippen LogP contribution in [0.3, 0.4) is 0 Å². The van der Waals surface area contributed by atoms with Gasteiger partial charge in [0.2, 0.25) is 5.76 Å². The van der Waals surface area contributed by atoms with Crippen LogP contribution >= 0.6 is 0 Å². The number of anilines is 1. The third-order valence-corrected chi connectivity index (χ3v) is 1.66. The number of rotatable bonds is 4. The van der Waals surface area contributed by atoms with E-state index in [1.54, 1.807) is 0 Å². The number of aromatic carboxylic acids is 1. The fourth-order valence-electron chi connectivity index (χ4n) is 0.861. The normalized spacial score (nSPS) is 13.5. The van der Waals surface area contributed by atoms with Crippen molar-refractivity contribution in [2.75, 3.05) is 11.9 Å². The zero-order valence-corrected chi connectivity index (χ0v) is 7.78. The molecular weight excluding hydrogens is 231 g/mol. The topological polar surface area (TPSA) is 82.7 Å². The molecule has 0 radical (unpaired) electrons. The van der Waals surface area contributed by atoms with Crippen molar-refractivity contribution in [3.63, 3.8) is 0 Å². The van der Waals surface area contributed by atoms with E-state index in [2.05, 4.69) is 9.73 Å². The van der Waals surface area contributed by atoms with Gasteiger partial charge in [-0.2, -0.15) is 13.2 Å². The number of aliphatic hydroxyl groups excluding tert-OH is 1. The van der Waals surface area contributed by atoms with Gasteiger partial charge in [-0.25, -0.2) is 4.79 Å². The molecule has 0 aromatic carbocycles. The molecule has 0 saturated carbocycles. The third-order valence-electron chi connectivity index (χ3n) is 1.66. The Labute approximate surface area is 87.5 Å². The van der Waals surface area contributed by atoms with E-state index in [4.69, 9.17) is 10.2 Å². The van der Waals surface area contributed by atoms with E-state index in [1.807, 2.05) is 0 Å². The first-order valence-corrected chi connectivity index (χ1v) is 4.12. The van der Waals surface area contributed by atoms with Gasteiger partial charge in [-0.05, 0) is 6.07 Å². The van der Waals surface area contributed by atoms with Crippen molar-refractivity contribution >= 4 is 11.9 Å². The summed E-state index contributed by atoms with van der Waals surface area (Å²) in [6.07, 6.45) is -7.26. The number of furan rings is 1. The SMILES string of the molecule is O=C(O)c1ccc(NCC(O)C(F)(F)F)o1. The van der Waals surface area contributed by atoms with Gasteiger partial charge in [-0.3, -0.25) is 0 Å². The molecule has 0 amide bonds. The highest BCUT2D eigenvalue weighted by molar-refractivity contribution is 5.84. The van der Waals surface area contributed by atoms with E-state index >= 15 is 0 Å². The maximum atomic E-state index is 11.9. The van der Waals surface area contributed by atoms with Crippen molar-refractivity contribution in [1.82, 2.24) is 0 Å². The summed E-state index contributed by atoms with van der Waals surface area (Å²) in [5, 5.41) is 19.2. The van der Waals surface area contributed by atoms with Crippen LogP contribution in [-0.4, -0.2) is 35.0 Å². The molecule has 0 bridgehead atoms. The molecule has 0 fully saturated rings. The Morgan fingerprint density at radius 2 is 2.12 bits per heavy atom. The highest BCUT2D eigenvalue weighted by atomic mass is 19.4. The summed E-state index contributed by atoms with van der Waals surface area (Å²) in [5.74, 6) is -1.88. The zero-order valence-electron chi connectivity index (χ0n) is 7.78. The van der Waals surface area contributed by atoms with Gasteiger partial charge >= 0.3 is 12.1 Å². The van der Waals surface area contributed by atoms with Crippen LogP contribution in [0.15, 0.2) is 16.5 Å². The number of nitrogens with one attached hydrogen (secondary N) is 1. The van der Waals surface area contributed by atoms with E-state index in [1.165, 1.54) is 0 Å². The molecule has 0 saturated heterocycles. The first kappa shape index (κ1) is 12.4. The van der Waals surface area contributed by atoms with Crippen molar-refractivity contribution < 1.29 is 32.6 Å². The van der Waals surface area contributed by atoms with Gasteiger partial charge in [-0.15, -0.1) is 0 Å². The molecule has 90 valence electrons. The molecule has 1 aromatic rings. The average Bonchev–Trinajstić information content (AvgIpc) is 2.60. The summed E-state index contributed by atoms with van der Waals surface area (Å²) in [5.41, 5.74) is 0. The molecule has 1 atom stereocenters. The zero-order chi connectivity index (χ0) is 12.3.